The molecule has 0 saturated carbocycles. The molecule has 6 heteroatoms. The topological polar surface area (TPSA) is 59.5 Å². The average molecular weight is 296 g/mol. The van der Waals surface area contributed by atoms with Crippen LogP contribution in [0.1, 0.15) is 32.6 Å². The lowest BCUT2D eigenvalue weighted by Gasteiger charge is -2.37. The molecule has 20 heavy (non-hydrogen) atoms. The van der Waals surface area contributed by atoms with E-state index in [2.05, 4.69) is 4.98 Å². The Hall–Kier alpha value is -1.14. The second-order valence-electron chi connectivity index (χ2n) is 5.51. The van der Waals surface area contributed by atoms with Crippen LogP contribution in [0.2, 0.25) is 0 Å². The molecule has 0 aliphatic carbocycles. The van der Waals surface area contributed by atoms with Crippen molar-refractivity contribution in [2.75, 3.05) is 5.75 Å². The minimum absolute atomic E-state index is 0.109. The summed E-state index contributed by atoms with van der Waals surface area (Å²) in [5, 5.41) is 0. The van der Waals surface area contributed by atoms with Gasteiger partial charge in [-0.1, -0.05) is 0 Å². The Balaban J connectivity index is 1.71. The van der Waals surface area contributed by atoms with Gasteiger partial charge in [0.25, 0.3) is 0 Å². The number of fused-ring (bicyclic) bond motifs is 2. The summed E-state index contributed by atoms with van der Waals surface area (Å²) >= 11 is 0. The molecule has 1 aromatic heterocycles. The third-order valence-electron chi connectivity index (χ3n) is 4.26. The second-order valence-corrected chi connectivity index (χ2v) is 7.67. The van der Waals surface area contributed by atoms with Gasteiger partial charge in [-0.15, -0.1) is 0 Å². The number of nitrogens with zero attached hydrogens (tertiary/aromatic N) is 2. The zero-order valence-electron chi connectivity index (χ0n) is 11.6. The van der Waals surface area contributed by atoms with Gasteiger partial charge in [0, 0.05) is 37.3 Å². The van der Waals surface area contributed by atoms with E-state index in [1.165, 1.54) is 0 Å². The third kappa shape index (κ3) is 2.54. The molecule has 2 aliphatic rings. The van der Waals surface area contributed by atoms with E-state index in [4.69, 9.17) is 4.74 Å². The van der Waals surface area contributed by atoms with Crippen LogP contribution in [-0.2, 0) is 10.0 Å². The number of hydrogen-bond donors (Lipinski definition) is 0. The molecule has 3 rings (SSSR count). The van der Waals surface area contributed by atoms with Gasteiger partial charge in [-0.3, -0.25) is 4.98 Å². The predicted octanol–water partition coefficient (Wildman–Crippen LogP) is 1.81. The number of aromatic nitrogens is 1. The largest absolute Gasteiger partial charge is 0.490 e. The van der Waals surface area contributed by atoms with Crippen molar-refractivity contribution >= 4 is 10.0 Å². The van der Waals surface area contributed by atoms with E-state index >= 15 is 0 Å². The van der Waals surface area contributed by atoms with Gasteiger partial charge in [-0.25, -0.2) is 8.42 Å². The quantitative estimate of drug-likeness (QED) is 0.850. The Bertz CT molecular complexity index is 547. The highest BCUT2D eigenvalue weighted by Crippen LogP contribution is 2.39. The maximum atomic E-state index is 12.2. The molecule has 2 bridgehead atoms. The molecule has 1 aromatic rings. The normalized spacial score (nSPS) is 30.4. The summed E-state index contributed by atoms with van der Waals surface area (Å²) in [7, 11) is -3.09. The van der Waals surface area contributed by atoms with Gasteiger partial charge >= 0.3 is 0 Å². The number of hydrogen-bond acceptors (Lipinski definition) is 4. The van der Waals surface area contributed by atoms with Crippen molar-refractivity contribution in [1.82, 2.24) is 9.29 Å². The van der Waals surface area contributed by atoms with Crippen molar-refractivity contribution in [2.45, 2.75) is 50.8 Å². The summed E-state index contributed by atoms with van der Waals surface area (Å²) in [6, 6.07) is 3.92. The predicted molar refractivity (Wildman–Crippen MR) is 76.0 cm³/mol. The van der Waals surface area contributed by atoms with Gasteiger partial charge < -0.3 is 4.74 Å². The maximum absolute atomic E-state index is 12.2. The van der Waals surface area contributed by atoms with Crippen molar-refractivity contribution in [3.63, 3.8) is 0 Å². The van der Waals surface area contributed by atoms with Crippen LogP contribution in [0, 0.1) is 0 Å². The Kier molecular flexibility index (Phi) is 3.69. The standard InChI is InChI=1S/C14H20N2O3S/c1-2-20(17,18)16-11-3-4-12(16)10-14(9-11)19-13-5-7-15-8-6-13/h5-8,11-12,14H,2-4,9-10H2,1H3. The minimum atomic E-state index is -3.09. The summed E-state index contributed by atoms with van der Waals surface area (Å²) < 4.78 is 32.0. The van der Waals surface area contributed by atoms with Crippen LogP contribution in [-0.4, -0.2) is 41.6 Å². The molecule has 3 heterocycles. The number of sulfonamides is 1. The summed E-state index contributed by atoms with van der Waals surface area (Å²) in [4.78, 5) is 3.97. The van der Waals surface area contributed by atoms with Crippen LogP contribution < -0.4 is 4.74 Å². The van der Waals surface area contributed by atoms with Crippen LogP contribution in [0.5, 0.6) is 5.75 Å². The zero-order valence-corrected chi connectivity index (χ0v) is 12.4. The summed E-state index contributed by atoms with van der Waals surface area (Å²) in [5.74, 6) is 1.01. The monoisotopic (exact) mass is 296 g/mol. The molecule has 0 radical (unpaired) electrons. The second kappa shape index (κ2) is 5.33. The number of piperidine rings is 1. The van der Waals surface area contributed by atoms with E-state index in [1.54, 1.807) is 23.6 Å². The molecular formula is C14H20N2O3S. The van der Waals surface area contributed by atoms with Crippen molar-refractivity contribution in [3.8, 4) is 5.75 Å². The lowest BCUT2D eigenvalue weighted by molar-refractivity contribution is 0.0957. The molecule has 2 fully saturated rings. The van der Waals surface area contributed by atoms with E-state index < -0.39 is 10.0 Å². The zero-order chi connectivity index (χ0) is 14.2. The Morgan fingerprint density at radius 1 is 1.25 bits per heavy atom. The lowest BCUT2D eigenvalue weighted by Crippen LogP contribution is -2.49. The molecular weight excluding hydrogens is 276 g/mol. The van der Waals surface area contributed by atoms with Crippen LogP contribution >= 0.6 is 0 Å². The smallest absolute Gasteiger partial charge is 0.214 e. The summed E-state index contributed by atoms with van der Waals surface area (Å²) in [6.07, 6.45) is 7.02. The van der Waals surface area contributed by atoms with E-state index in [0.717, 1.165) is 31.4 Å². The molecule has 0 amide bonds. The number of ether oxygens (including phenoxy) is 1. The van der Waals surface area contributed by atoms with Crippen LogP contribution in [0.25, 0.3) is 0 Å². The first-order valence-corrected chi connectivity index (χ1v) is 8.79. The average Bonchev–Trinajstić information content (AvgIpc) is 2.73. The first-order valence-electron chi connectivity index (χ1n) is 7.18. The first kappa shape index (κ1) is 13.8. The molecule has 0 N–H and O–H groups in total. The fourth-order valence-electron chi connectivity index (χ4n) is 3.39. The molecule has 2 atom stereocenters. The van der Waals surface area contributed by atoms with E-state index in [1.807, 2.05) is 12.1 Å². The highest BCUT2D eigenvalue weighted by molar-refractivity contribution is 7.89. The molecule has 2 unspecified atom stereocenters. The van der Waals surface area contributed by atoms with Crippen molar-refractivity contribution in [3.05, 3.63) is 24.5 Å². The van der Waals surface area contributed by atoms with Gasteiger partial charge in [0.1, 0.15) is 11.9 Å². The first-order chi connectivity index (χ1) is 9.60. The van der Waals surface area contributed by atoms with Crippen molar-refractivity contribution in [2.24, 2.45) is 0 Å². The van der Waals surface area contributed by atoms with Gasteiger partial charge in [-0.05, 0) is 31.9 Å². The van der Waals surface area contributed by atoms with Crippen molar-refractivity contribution < 1.29 is 13.2 Å². The summed E-state index contributed by atoms with van der Waals surface area (Å²) in [5.41, 5.74) is 0. The number of pyridine rings is 1. The van der Waals surface area contributed by atoms with Gasteiger partial charge in [0.15, 0.2) is 0 Å². The maximum Gasteiger partial charge on any atom is 0.214 e. The van der Waals surface area contributed by atoms with E-state index in [-0.39, 0.29) is 23.9 Å². The Morgan fingerprint density at radius 2 is 1.85 bits per heavy atom. The van der Waals surface area contributed by atoms with Crippen molar-refractivity contribution in [1.29, 1.82) is 0 Å². The Labute approximate surface area is 120 Å². The van der Waals surface area contributed by atoms with E-state index in [9.17, 15) is 8.42 Å². The van der Waals surface area contributed by atoms with E-state index in [0.29, 0.717) is 0 Å². The SMILES string of the molecule is CCS(=O)(=O)N1C2CCC1CC(Oc1ccncc1)C2. The molecule has 0 spiro atoms. The molecule has 5 nitrogen and oxygen atoms in total. The van der Waals surface area contributed by atoms with Crippen LogP contribution in [0.3, 0.4) is 0 Å². The lowest BCUT2D eigenvalue weighted by atomic mass is 10.0. The van der Waals surface area contributed by atoms with Gasteiger partial charge in [0.2, 0.25) is 10.0 Å². The van der Waals surface area contributed by atoms with Crippen LogP contribution in [0.4, 0.5) is 0 Å². The number of rotatable bonds is 4. The fraction of sp³-hybridized carbons (Fsp3) is 0.643. The minimum Gasteiger partial charge on any atom is -0.490 e. The Morgan fingerprint density at radius 3 is 2.40 bits per heavy atom. The third-order valence-corrected chi connectivity index (χ3v) is 6.23. The molecule has 110 valence electrons. The fourth-order valence-corrected chi connectivity index (χ4v) is 4.98. The van der Waals surface area contributed by atoms with Gasteiger partial charge in [-0.2, -0.15) is 4.31 Å². The summed E-state index contributed by atoms with van der Waals surface area (Å²) in [6.45, 7) is 1.72. The van der Waals surface area contributed by atoms with Gasteiger partial charge in [0.05, 0.1) is 5.75 Å². The van der Waals surface area contributed by atoms with Crippen LogP contribution in [0.15, 0.2) is 24.5 Å². The molecule has 2 saturated heterocycles. The highest BCUT2D eigenvalue weighted by atomic mass is 32.2. The highest BCUT2D eigenvalue weighted by Gasteiger charge is 2.46. The molecule has 0 aromatic carbocycles. The molecule has 2 aliphatic heterocycles.